The lowest BCUT2D eigenvalue weighted by Crippen LogP contribution is -2.64. The highest BCUT2D eigenvalue weighted by atomic mass is 31.2. The van der Waals surface area contributed by atoms with Crippen LogP contribution in [0.25, 0.3) is 0 Å². The SMILES string of the molecule is CCCCCCCCCCCCCCCCCC/C=C/C(O)C(COP(=O)(O)OC1C(O)C(O)C(O)C(O)C1O)NC(=O)CC(O)CCCCCCCCCCCCCCCCCCC. The zero-order valence-corrected chi connectivity index (χ0v) is 42.1. The number of carbonyl (C=O) groups excluding carboxylic acids is 1. The summed E-state index contributed by atoms with van der Waals surface area (Å²) in [5.41, 5.74) is 0. The van der Waals surface area contributed by atoms with E-state index < -0.39 is 75.2 Å². The van der Waals surface area contributed by atoms with E-state index in [1.54, 1.807) is 6.08 Å². The van der Waals surface area contributed by atoms with Crippen molar-refractivity contribution >= 4 is 13.7 Å². The number of hydrogen-bond donors (Lipinski definition) is 9. The molecule has 1 aliphatic carbocycles. The third-order valence-electron chi connectivity index (χ3n) is 13.1. The van der Waals surface area contributed by atoms with Gasteiger partial charge >= 0.3 is 7.82 Å². The van der Waals surface area contributed by atoms with E-state index in [0.717, 1.165) is 44.9 Å². The Labute approximate surface area is 395 Å². The Morgan fingerprint density at radius 1 is 0.538 bits per heavy atom. The van der Waals surface area contributed by atoms with Gasteiger partial charge in [-0.25, -0.2) is 4.57 Å². The van der Waals surface area contributed by atoms with E-state index in [9.17, 15) is 50.0 Å². The number of rotatable bonds is 45. The summed E-state index contributed by atoms with van der Waals surface area (Å²) in [5, 5.41) is 74.7. The van der Waals surface area contributed by atoms with Crippen molar-refractivity contribution in [3.63, 3.8) is 0 Å². The number of nitrogens with one attached hydrogen (secondary N) is 1. The van der Waals surface area contributed by atoms with Gasteiger partial charge in [0.15, 0.2) is 0 Å². The fourth-order valence-electron chi connectivity index (χ4n) is 8.77. The highest BCUT2D eigenvalue weighted by Crippen LogP contribution is 2.47. The van der Waals surface area contributed by atoms with Gasteiger partial charge in [-0.2, -0.15) is 0 Å². The van der Waals surface area contributed by atoms with Crippen molar-refractivity contribution in [2.45, 2.75) is 300 Å². The molecule has 1 fully saturated rings. The van der Waals surface area contributed by atoms with Crippen LogP contribution in [0.1, 0.15) is 245 Å². The molecule has 0 aliphatic heterocycles. The molecule has 0 aromatic carbocycles. The second-order valence-electron chi connectivity index (χ2n) is 19.3. The molecule has 14 heteroatoms. The molecule has 0 aromatic heterocycles. The average Bonchev–Trinajstić information content (AvgIpc) is 3.28. The predicted octanol–water partition coefficient (Wildman–Crippen LogP) is 10.2. The molecule has 0 saturated heterocycles. The van der Waals surface area contributed by atoms with Crippen molar-refractivity contribution in [2.24, 2.45) is 0 Å². The topological polar surface area (TPSA) is 226 Å². The predicted molar refractivity (Wildman–Crippen MR) is 261 cm³/mol. The first-order valence-corrected chi connectivity index (χ1v) is 28.2. The highest BCUT2D eigenvalue weighted by Gasteiger charge is 2.51. The number of amides is 1. The molecule has 0 bridgehead atoms. The molecule has 0 spiro atoms. The lowest BCUT2D eigenvalue weighted by molar-refractivity contribution is -0.220. The van der Waals surface area contributed by atoms with E-state index in [4.69, 9.17) is 9.05 Å². The second kappa shape index (κ2) is 40.9. The van der Waals surface area contributed by atoms with Gasteiger partial charge in [0.25, 0.3) is 0 Å². The number of phosphoric ester groups is 1. The van der Waals surface area contributed by atoms with Gasteiger partial charge in [-0.1, -0.05) is 231 Å². The van der Waals surface area contributed by atoms with Crippen molar-refractivity contribution in [3.8, 4) is 0 Å². The largest absolute Gasteiger partial charge is 0.472 e. The minimum atomic E-state index is -5.14. The van der Waals surface area contributed by atoms with Crippen molar-refractivity contribution < 1.29 is 59.0 Å². The van der Waals surface area contributed by atoms with E-state index in [2.05, 4.69) is 19.2 Å². The number of carbonyl (C=O) groups is 1. The van der Waals surface area contributed by atoms with Crippen LogP contribution in [-0.2, 0) is 18.4 Å². The zero-order chi connectivity index (χ0) is 48.0. The molecule has 9 N–H and O–H groups in total. The molecule has 1 rings (SSSR count). The van der Waals surface area contributed by atoms with Gasteiger partial charge in [0.2, 0.25) is 5.91 Å². The smallest absolute Gasteiger partial charge is 0.393 e. The Balaban J connectivity index is 2.47. The summed E-state index contributed by atoms with van der Waals surface area (Å²) in [6.07, 6.45) is 31.5. The van der Waals surface area contributed by atoms with Crippen LogP contribution in [0.15, 0.2) is 12.2 Å². The molecule has 1 saturated carbocycles. The van der Waals surface area contributed by atoms with Crippen molar-refractivity contribution in [1.29, 1.82) is 0 Å². The van der Waals surface area contributed by atoms with Gasteiger partial charge in [0.1, 0.15) is 36.6 Å². The summed E-state index contributed by atoms with van der Waals surface area (Å²) in [7, 11) is -5.14. The molecular formula is C51H100NO12P. The Kier molecular flexibility index (Phi) is 39.0. The Morgan fingerprint density at radius 2 is 0.877 bits per heavy atom. The van der Waals surface area contributed by atoms with Crippen LogP contribution < -0.4 is 5.32 Å². The molecule has 0 radical (unpaired) electrons. The molecule has 65 heavy (non-hydrogen) atoms. The minimum absolute atomic E-state index is 0.239. The summed E-state index contributed by atoms with van der Waals surface area (Å²) in [6.45, 7) is 3.78. The van der Waals surface area contributed by atoms with Crippen LogP contribution in [-0.4, -0.2) is 108 Å². The molecule has 8 atom stereocenters. The van der Waals surface area contributed by atoms with E-state index in [-0.39, 0.29) is 6.42 Å². The maximum absolute atomic E-state index is 13.1. The lowest BCUT2D eigenvalue weighted by Gasteiger charge is -2.41. The molecular weight excluding hydrogens is 850 g/mol. The van der Waals surface area contributed by atoms with Gasteiger partial charge in [-0.3, -0.25) is 13.8 Å². The van der Waals surface area contributed by atoms with Crippen LogP contribution >= 0.6 is 7.82 Å². The van der Waals surface area contributed by atoms with Gasteiger partial charge in [0.05, 0.1) is 31.3 Å². The number of phosphoric acid groups is 1. The van der Waals surface area contributed by atoms with Gasteiger partial charge in [-0.05, 0) is 19.3 Å². The van der Waals surface area contributed by atoms with Crippen LogP contribution in [0.2, 0.25) is 0 Å². The van der Waals surface area contributed by atoms with Gasteiger partial charge in [0, 0.05) is 0 Å². The summed E-state index contributed by atoms with van der Waals surface area (Å²) in [4.78, 5) is 23.5. The van der Waals surface area contributed by atoms with E-state index >= 15 is 0 Å². The molecule has 1 amide bonds. The number of aliphatic hydroxyl groups excluding tert-OH is 7. The first-order valence-electron chi connectivity index (χ1n) is 26.7. The summed E-state index contributed by atoms with van der Waals surface area (Å²) in [6, 6.07) is -1.24. The number of allylic oxidation sites excluding steroid dienone is 1. The standard InChI is InChI=1S/C51H100NO12P/c1-3-5-7-9-11-13-15-17-19-21-23-25-27-29-31-33-35-37-39-44(54)43(41-63-65(61,62)64-51-49(59)47(57)46(56)48(58)50(51)60)52-45(55)40-42(53)38-36-34-32-30-28-26-24-22-20-18-16-14-12-10-8-6-4-2/h37,39,42-44,46-51,53-54,56-60H,3-36,38,40-41H2,1-2H3,(H,52,55)(H,61,62)/b39-37+. The molecule has 0 heterocycles. The van der Waals surface area contributed by atoms with Crippen LogP contribution in [0.4, 0.5) is 0 Å². The maximum Gasteiger partial charge on any atom is 0.472 e. The van der Waals surface area contributed by atoms with Crippen LogP contribution in [0.3, 0.4) is 0 Å². The number of aliphatic hydroxyl groups is 7. The second-order valence-corrected chi connectivity index (χ2v) is 20.7. The van der Waals surface area contributed by atoms with Gasteiger partial charge in [-0.15, -0.1) is 0 Å². The Hall–Kier alpha value is -0.960. The van der Waals surface area contributed by atoms with Gasteiger partial charge < -0.3 is 46.0 Å². The molecule has 1 aliphatic rings. The quantitative estimate of drug-likeness (QED) is 0.0158. The zero-order valence-electron chi connectivity index (χ0n) is 41.2. The summed E-state index contributed by atoms with van der Waals surface area (Å²) < 4.78 is 23.0. The molecule has 13 nitrogen and oxygen atoms in total. The molecule has 8 unspecified atom stereocenters. The van der Waals surface area contributed by atoms with Crippen molar-refractivity contribution in [1.82, 2.24) is 5.32 Å². The normalized spacial score (nSPS) is 22.6. The van der Waals surface area contributed by atoms with Crippen LogP contribution in [0.5, 0.6) is 0 Å². The number of unbranched alkanes of at least 4 members (excludes halogenated alkanes) is 32. The monoisotopic (exact) mass is 950 g/mol. The van der Waals surface area contributed by atoms with E-state index in [1.165, 1.54) is 173 Å². The first kappa shape index (κ1) is 62.1. The minimum Gasteiger partial charge on any atom is -0.393 e. The fourth-order valence-corrected chi connectivity index (χ4v) is 9.74. The third-order valence-corrected chi connectivity index (χ3v) is 14.1. The summed E-state index contributed by atoms with van der Waals surface area (Å²) in [5.74, 6) is -0.588. The lowest BCUT2D eigenvalue weighted by atomic mass is 9.85. The third kappa shape index (κ3) is 32.5. The Bertz CT molecular complexity index is 1170. The fraction of sp³-hybridized carbons (Fsp3) is 0.941. The highest BCUT2D eigenvalue weighted by molar-refractivity contribution is 7.47. The van der Waals surface area contributed by atoms with Crippen molar-refractivity contribution in [2.75, 3.05) is 6.61 Å². The number of hydrogen-bond acceptors (Lipinski definition) is 11. The van der Waals surface area contributed by atoms with E-state index in [0.29, 0.717) is 12.8 Å². The molecule has 0 aromatic rings. The molecule has 386 valence electrons. The first-order chi connectivity index (χ1) is 31.3. The van der Waals surface area contributed by atoms with Crippen molar-refractivity contribution in [3.05, 3.63) is 12.2 Å². The van der Waals surface area contributed by atoms with Crippen LogP contribution in [0, 0.1) is 0 Å². The summed E-state index contributed by atoms with van der Waals surface area (Å²) >= 11 is 0. The Morgan fingerprint density at radius 3 is 1.26 bits per heavy atom. The maximum atomic E-state index is 13.1. The average molecular weight is 950 g/mol. The van der Waals surface area contributed by atoms with E-state index in [1.807, 2.05) is 0 Å².